The minimum atomic E-state index is -4.48. The highest BCUT2D eigenvalue weighted by Crippen LogP contribution is 2.30. The van der Waals surface area contributed by atoms with Crippen LogP contribution in [0.4, 0.5) is 13.2 Å². The number of rotatable bonds is 5. The average Bonchev–Trinajstić information content (AvgIpc) is 2.90. The molecule has 3 nitrogen and oxygen atoms in total. The monoisotopic (exact) mass is 318 g/mol. The standard InChI is InChI=1S/C14H14ClF3N2O/c1-2-3-8-21-12-5-4-10(15)9-11(12)20-7-6-13(19-20)14(16,17)18/h4-7,9H,2-3,8H2,1H3. The van der Waals surface area contributed by atoms with Crippen molar-refractivity contribution in [1.82, 2.24) is 9.78 Å². The summed E-state index contributed by atoms with van der Waals surface area (Å²) >= 11 is 5.91. The van der Waals surface area contributed by atoms with E-state index in [0.29, 0.717) is 23.1 Å². The molecule has 1 heterocycles. The van der Waals surface area contributed by atoms with E-state index in [1.807, 2.05) is 6.92 Å². The lowest BCUT2D eigenvalue weighted by Gasteiger charge is -2.12. The average molecular weight is 319 g/mol. The van der Waals surface area contributed by atoms with Crippen molar-refractivity contribution in [3.05, 3.63) is 41.2 Å². The van der Waals surface area contributed by atoms with Gasteiger partial charge in [0.25, 0.3) is 0 Å². The zero-order valence-electron chi connectivity index (χ0n) is 11.3. The third-order valence-corrected chi connectivity index (χ3v) is 3.04. The van der Waals surface area contributed by atoms with Crippen LogP contribution in [0, 0.1) is 0 Å². The Hall–Kier alpha value is -1.69. The number of benzene rings is 1. The van der Waals surface area contributed by atoms with Crippen LogP contribution in [-0.4, -0.2) is 16.4 Å². The summed E-state index contributed by atoms with van der Waals surface area (Å²) in [5, 5.41) is 3.93. The molecular weight excluding hydrogens is 305 g/mol. The second kappa shape index (κ2) is 6.39. The number of aromatic nitrogens is 2. The minimum absolute atomic E-state index is 0.383. The smallest absolute Gasteiger partial charge is 0.435 e. The second-order valence-corrected chi connectivity index (χ2v) is 4.89. The molecule has 0 aliphatic heterocycles. The van der Waals surface area contributed by atoms with Gasteiger partial charge in [0.05, 0.1) is 6.61 Å². The Morgan fingerprint density at radius 1 is 1.29 bits per heavy atom. The van der Waals surface area contributed by atoms with Crippen molar-refractivity contribution < 1.29 is 17.9 Å². The Bertz CT molecular complexity index is 611. The molecule has 0 saturated carbocycles. The van der Waals surface area contributed by atoms with Crippen molar-refractivity contribution >= 4 is 11.6 Å². The quantitative estimate of drug-likeness (QED) is 0.746. The maximum Gasteiger partial charge on any atom is 0.435 e. The lowest BCUT2D eigenvalue weighted by Crippen LogP contribution is -2.08. The molecule has 0 spiro atoms. The molecule has 0 amide bonds. The second-order valence-electron chi connectivity index (χ2n) is 4.46. The first kappa shape index (κ1) is 15.7. The van der Waals surface area contributed by atoms with Crippen molar-refractivity contribution in [2.75, 3.05) is 6.61 Å². The maximum atomic E-state index is 12.6. The summed E-state index contributed by atoms with van der Waals surface area (Å²) in [4.78, 5) is 0. The molecule has 0 fully saturated rings. The minimum Gasteiger partial charge on any atom is -0.491 e. The molecule has 2 aromatic rings. The van der Waals surface area contributed by atoms with E-state index in [2.05, 4.69) is 5.10 Å². The Labute approximate surface area is 125 Å². The molecule has 0 atom stereocenters. The molecule has 1 aromatic heterocycles. The van der Waals surface area contributed by atoms with E-state index in [9.17, 15) is 13.2 Å². The van der Waals surface area contributed by atoms with Crippen molar-refractivity contribution in [3.63, 3.8) is 0 Å². The van der Waals surface area contributed by atoms with Gasteiger partial charge in [-0.15, -0.1) is 0 Å². The van der Waals surface area contributed by atoms with Crippen LogP contribution >= 0.6 is 11.6 Å². The van der Waals surface area contributed by atoms with Gasteiger partial charge in [0, 0.05) is 11.2 Å². The fourth-order valence-corrected chi connectivity index (χ4v) is 1.89. The Morgan fingerprint density at radius 2 is 2.05 bits per heavy atom. The van der Waals surface area contributed by atoms with Crippen molar-refractivity contribution in [3.8, 4) is 11.4 Å². The topological polar surface area (TPSA) is 27.1 Å². The van der Waals surface area contributed by atoms with Crippen LogP contribution in [0.2, 0.25) is 5.02 Å². The first-order chi connectivity index (χ1) is 9.91. The van der Waals surface area contributed by atoms with Crippen LogP contribution in [-0.2, 0) is 6.18 Å². The largest absolute Gasteiger partial charge is 0.491 e. The molecule has 114 valence electrons. The van der Waals surface area contributed by atoms with E-state index >= 15 is 0 Å². The Balaban J connectivity index is 2.33. The fraction of sp³-hybridized carbons (Fsp3) is 0.357. The molecule has 0 aliphatic rings. The Kier molecular flexibility index (Phi) is 4.77. The van der Waals surface area contributed by atoms with Gasteiger partial charge < -0.3 is 4.74 Å². The van der Waals surface area contributed by atoms with Crippen LogP contribution in [0.1, 0.15) is 25.5 Å². The van der Waals surface area contributed by atoms with Crippen LogP contribution in [0.3, 0.4) is 0 Å². The van der Waals surface area contributed by atoms with Gasteiger partial charge in [-0.1, -0.05) is 24.9 Å². The lowest BCUT2D eigenvalue weighted by atomic mass is 10.3. The molecule has 0 unspecified atom stereocenters. The van der Waals surface area contributed by atoms with Gasteiger partial charge in [0.2, 0.25) is 0 Å². The molecule has 0 radical (unpaired) electrons. The highest BCUT2D eigenvalue weighted by molar-refractivity contribution is 6.30. The predicted molar refractivity (Wildman–Crippen MR) is 74.0 cm³/mol. The van der Waals surface area contributed by atoms with Gasteiger partial charge in [-0.05, 0) is 30.7 Å². The summed E-state index contributed by atoms with van der Waals surface area (Å²) in [7, 11) is 0. The molecule has 21 heavy (non-hydrogen) atoms. The van der Waals surface area contributed by atoms with E-state index in [4.69, 9.17) is 16.3 Å². The molecule has 0 N–H and O–H groups in total. The van der Waals surface area contributed by atoms with E-state index in [1.165, 1.54) is 12.3 Å². The summed E-state index contributed by atoms with van der Waals surface area (Å²) in [6.07, 6.45) is -1.42. The summed E-state index contributed by atoms with van der Waals surface area (Å²) in [6.45, 7) is 2.51. The van der Waals surface area contributed by atoms with Crippen molar-refractivity contribution in [2.45, 2.75) is 25.9 Å². The zero-order valence-corrected chi connectivity index (χ0v) is 12.1. The third-order valence-electron chi connectivity index (χ3n) is 2.80. The molecule has 2 rings (SSSR count). The highest BCUT2D eigenvalue weighted by Gasteiger charge is 2.33. The first-order valence-electron chi connectivity index (χ1n) is 6.47. The van der Waals surface area contributed by atoms with Crippen LogP contribution in [0.15, 0.2) is 30.5 Å². The summed E-state index contributed by atoms with van der Waals surface area (Å²) in [6, 6.07) is 5.69. The Morgan fingerprint density at radius 3 is 2.67 bits per heavy atom. The molecular formula is C14H14ClF3N2O. The number of unbranched alkanes of at least 4 members (excludes halogenated alkanes) is 1. The van der Waals surface area contributed by atoms with E-state index in [0.717, 1.165) is 23.6 Å². The molecule has 7 heteroatoms. The highest BCUT2D eigenvalue weighted by atomic mass is 35.5. The van der Waals surface area contributed by atoms with Crippen LogP contribution in [0.25, 0.3) is 5.69 Å². The fourth-order valence-electron chi connectivity index (χ4n) is 1.73. The van der Waals surface area contributed by atoms with Crippen LogP contribution in [0.5, 0.6) is 5.75 Å². The molecule has 1 aromatic carbocycles. The lowest BCUT2D eigenvalue weighted by molar-refractivity contribution is -0.141. The number of halogens is 4. The normalized spacial score (nSPS) is 11.7. The summed E-state index contributed by atoms with van der Waals surface area (Å²) in [5.41, 5.74) is -0.573. The van der Waals surface area contributed by atoms with Crippen LogP contribution < -0.4 is 4.74 Å². The van der Waals surface area contributed by atoms with E-state index in [1.54, 1.807) is 12.1 Å². The maximum absolute atomic E-state index is 12.6. The van der Waals surface area contributed by atoms with Crippen molar-refractivity contribution in [2.24, 2.45) is 0 Å². The van der Waals surface area contributed by atoms with Gasteiger partial charge in [0.1, 0.15) is 11.4 Å². The number of hydrogen-bond acceptors (Lipinski definition) is 2. The predicted octanol–water partition coefficient (Wildman–Crippen LogP) is 4.72. The van der Waals surface area contributed by atoms with Gasteiger partial charge >= 0.3 is 6.18 Å². The van der Waals surface area contributed by atoms with Gasteiger partial charge in [-0.2, -0.15) is 18.3 Å². The zero-order chi connectivity index (χ0) is 15.5. The number of ether oxygens (including phenoxy) is 1. The molecule has 0 saturated heterocycles. The van der Waals surface area contributed by atoms with Crippen molar-refractivity contribution in [1.29, 1.82) is 0 Å². The first-order valence-corrected chi connectivity index (χ1v) is 6.85. The third kappa shape index (κ3) is 3.91. The number of hydrogen-bond donors (Lipinski definition) is 0. The molecule has 0 aliphatic carbocycles. The van der Waals surface area contributed by atoms with Gasteiger partial charge in [-0.25, -0.2) is 4.68 Å². The van der Waals surface area contributed by atoms with E-state index < -0.39 is 11.9 Å². The molecule has 0 bridgehead atoms. The van der Waals surface area contributed by atoms with Gasteiger partial charge in [0.15, 0.2) is 5.69 Å². The summed E-state index contributed by atoms with van der Waals surface area (Å²) < 4.78 is 44.5. The van der Waals surface area contributed by atoms with Gasteiger partial charge in [-0.3, -0.25) is 0 Å². The number of nitrogens with zero attached hydrogens (tertiary/aromatic N) is 2. The summed E-state index contributed by atoms with van der Waals surface area (Å²) in [5.74, 6) is 0.449. The number of alkyl halides is 3. The van der Waals surface area contributed by atoms with E-state index in [-0.39, 0.29) is 0 Å². The SMILES string of the molecule is CCCCOc1ccc(Cl)cc1-n1ccc(C(F)(F)F)n1.